The van der Waals surface area contributed by atoms with E-state index in [0.29, 0.717) is 4.88 Å². The second-order valence-corrected chi connectivity index (χ2v) is 7.54. The molecule has 0 saturated heterocycles. The van der Waals surface area contributed by atoms with Crippen LogP contribution in [0.2, 0.25) is 0 Å². The van der Waals surface area contributed by atoms with Gasteiger partial charge in [0.15, 0.2) is 9.84 Å². The molecular formula is C11H9BrFNO2S2. The van der Waals surface area contributed by atoms with E-state index in [2.05, 4.69) is 15.9 Å². The van der Waals surface area contributed by atoms with Crippen LogP contribution in [-0.2, 0) is 15.6 Å². The van der Waals surface area contributed by atoms with Gasteiger partial charge < -0.3 is 5.73 Å². The monoisotopic (exact) mass is 349 g/mol. The molecule has 0 saturated carbocycles. The zero-order valence-electron chi connectivity index (χ0n) is 9.06. The second-order valence-electron chi connectivity index (χ2n) is 3.67. The summed E-state index contributed by atoms with van der Waals surface area (Å²) < 4.78 is 38.0. The number of anilines is 1. The molecule has 0 aliphatic carbocycles. The number of thiophene rings is 1. The molecule has 96 valence electrons. The molecule has 0 unspecified atom stereocenters. The molecule has 0 spiro atoms. The first-order chi connectivity index (χ1) is 8.38. The third kappa shape index (κ3) is 2.90. The normalized spacial score (nSPS) is 11.7. The first-order valence-electron chi connectivity index (χ1n) is 4.89. The Morgan fingerprint density at radius 1 is 1.33 bits per heavy atom. The van der Waals surface area contributed by atoms with E-state index in [-0.39, 0.29) is 16.3 Å². The highest BCUT2D eigenvalue weighted by molar-refractivity contribution is 9.10. The van der Waals surface area contributed by atoms with Gasteiger partial charge in [0.25, 0.3) is 0 Å². The zero-order chi connectivity index (χ0) is 13.3. The van der Waals surface area contributed by atoms with E-state index >= 15 is 0 Å². The van der Waals surface area contributed by atoms with Gasteiger partial charge >= 0.3 is 0 Å². The van der Waals surface area contributed by atoms with Crippen molar-refractivity contribution in [1.82, 2.24) is 0 Å². The summed E-state index contributed by atoms with van der Waals surface area (Å²) in [6.45, 7) is 0. The van der Waals surface area contributed by atoms with Gasteiger partial charge in [0.1, 0.15) is 5.82 Å². The lowest BCUT2D eigenvalue weighted by molar-refractivity contribution is 0.595. The maximum Gasteiger partial charge on any atom is 0.185 e. The Morgan fingerprint density at radius 2 is 2.06 bits per heavy atom. The van der Waals surface area contributed by atoms with Crippen molar-refractivity contribution >= 4 is 42.8 Å². The molecule has 3 nitrogen and oxygen atoms in total. The number of benzene rings is 1. The maximum absolute atomic E-state index is 12.9. The first kappa shape index (κ1) is 13.5. The lowest BCUT2D eigenvalue weighted by Gasteiger charge is -2.06. The van der Waals surface area contributed by atoms with E-state index in [9.17, 15) is 12.8 Å². The standard InChI is InChI=1S/C11H9BrFNO2S2/c12-7-3-9(17-5-7)6-18(15,16)11-2-1-8(13)4-10(11)14/h1-5H,6,14H2. The molecule has 1 aromatic carbocycles. The molecule has 2 N–H and O–H groups in total. The highest BCUT2D eigenvalue weighted by atomic mass is 79.9. The third-order valence-corrected chi connectivity index (χ3v) is 5.87. The molecule has 0 radical (unpaired) electrons. The lowest BCUT2D eigenvalue weighted by Crippen LogP contribution is -2.07. The molecule has 7 heteroatoms. The van der Waals surface area contributed by atoms with Gasteiger partial charge in [-0.3, -0.25) is 0 Å². The Bertz CT molecular complexity index is 682. The predicted molar refractivity (Wildman–Crippen MR) is 73.7 cm³/mol. The molecule has 1 aromatic heterocycles. The molecule has 0 aliphatic rings. The molecule has 0 atom stereocenters. The molecular weight excluding hydrogens is 341 g/mol. The summed E-state index contributed by atoms with van der Waals surface area (Å²) in [7, 11) is -3.55. The number of hydrogen-bond acceptors (Lipinski definition) is 4. The largest absolute Gasteiger partial charge is 0.398 e. The summed E-state index contributed by atoms with van der Waals surface area (Å²) in [5.41, 5.74) is 5.48. The number of sulfone groups is 1. The van der Waals surface area contributed by atoms with Crippen LogP contribution >= 0.6 is 27.3 Å². The first-order valence-corrected chi connectivity index (χ1v) is 8.22. The molecule has 0 aliphatic heterocycles. The van der Waals surface area contributed by atoms with Crippen LogP contribution in [0.4, 0.5) is 10.1 Å². The Hall–Kier alpha value is -0.920. The van der Waals surface area contributed by atoms with Crippen molar-refractivity contribution in [2.45, 2.75) is 10.6 Å². The molecule has 1 heterocycles. The Kier molecular flexibility index (Phi) is 3.74. The minimum Gasteiger partial charge on any atom is -0.398 e. The van der Waals surface area contributed by atoms with E-state index in [4.69, 9.17) is 5.73 Å². The van der Waals surface area contributed by atoms with Gasteiger partial charge in [-0.1, -0.05) is 0 Å². The highest BCUT2D eigenvalue weighted by Gasteiger charge is 2.19. The fourth-order valence-corrected chi connectivity index (χ4v) is 4.78. The number of nitrogens with two attached hydrogens (primary N) is 1. The Morgan fingerprint density at radius 3 is 2.61 bits per heavy atom. The fraction of sp³-hybridized carbons (Fsp3) is 0.0909. The number of nitrogen functional groups attached to an aromatic ring is 1. The van der Waals surface area contributed by atoms with E-state index in [1.807, 2.05) is 0 Å². The molecule has 2 aromatic rings. The SMILES string of the molecule is Nc1cc(F)ccc1S(=O)(=O)Cc1cc(Br)cs1. The maximum atomic E-state index is 12.9. The van der Waals surface area contributed by atoms with Gasteiger partial charge in [-0.15, -0.1) is 11.3 Å². The summed E-state index contributed by atoms with van der Waals surface area (Å²) in [6, 6.07) is 5.04. The average Bonchev–Trinajstić information content (AvgIpc) is 2.62. The van der Waals surface area contributed by atoms with Crippen LogP contribution in [0.1, 0.15) is 4.88 Å². The van der Waals surface area contributed by atoms with Crippen molar-refractivity contribution in [2.75, 3.05) is 5.73 Å². The van der Waals surface area contributed by atoms with E-state index in [1.165, 1.54) is 17.4 Å². The summed E-state index contributed by atoms with van der Waals surface area (Å²) in [5.74, 6) is -0.690. The fourth-order valence-electron chi connectivity index (χ4n) is 1.50. The Labute approximate surface area is 116 Å². The average molecular weight is 350 g/mol. The molecule has 0 bridgehead atoms. The van der Waals surface area contributed by atoms with Crippen LogP contribution in [0.3, 0.4) is 0 Å². The van der Waals surface area contributed by atoms with Crippen LogP contribution < -0.4 is 5.73 Å². The van der Waals surface area contributed by atoms with Crippen molar-refractivity contribution in [1.29, 1.82) is 0 Å². The quantitative estimate of drug-likeness (QED) is 0.683. The van der Waals surface area contributed by atoms with Crippen molar-refractivity contribution < 1.29 is 12.8 Å². The molecule has 18 heavy (non-hydrogen) atoms. The molecule has 0 amide bonds. The number of halogens is 2. The van der Waals surface area contributed by atoms with Crippen LogP contribution in [0.5, 0.6) is 0 Å². The molecule has 0 fully saturated rings. The van der Waals surface area contributed by atoms with Gasteiger partial charge in [-0.2, -0.15) is 0 Å². The summed E-state index contributed by atoms with van der Waals surface area (Å²) in [6.07, 6.45) is 0. The number of rotatable bonds is 3. The minimum absolute atomic E-state index is 0.0339. The highest BCUT2D eigenvalue weighted by Crippen LogP contribution is 2.27. The minimum atomic E-state index is -3.55. The van der Waals surface area contributed by atoms with Crippen molar-refractivity contribution in [3.05, 3.63) is 44.8 Å². The molecule has 2 rings (SSSR count). The summed E-state index contributed by atoms with van der Waals surface area (Å²) >= 11 is 4.60. The van der Waals surface area contributed by atoms with Gasteiger partial charge in [0.2, 0.25) is 0 Å². The van der Waals surface area contributed by atoms with Crippen LogP contribution in [-0.4, -0.2) is 8.42 Å². The van der Waals surface area contributed by atoms with Crippen LogP contribution in [0.25, 0.3) is 0 Å². The van der Waals surface area contributed by atoms with Crippen molar-refractivity contribution in [3.8, 4) is 0 Å². The summed E-state index contributed by atoms with van der Waals surface area (Å²) in [5, 5.41) is 1.80. The number of hydrogen-bond donors (Lipinski definition) is 1. The second kappa shape index (κ2) is 4.99. The van der Waals surface area contributed by atoms with Gasteiger partial charge in [-0.25, -0.2) is 12.8 Å². The smallest absolute Gasteiger partial charge is 0.185 e. The van der Waals surface area contributed by atoms with Crippen LogP contribution in [0, 0.1) is 5.82 Å². The summed E-state index contributed by atoms with van der Waals surface area (Å²) in [4.78, 5) is 0.666. The van der Waals surface area contributed by atoms with E-state index in [1.54, 1.807) is 11.4 Å². The van der Waals surface area contributed by atoms with Gasteiger partial charge in [0, 0.05) is 14.7 Å². The van der Waals surface area contributed by atoms with Gasteiger partial charge in [-0.05, 0) is 40.2 Å². The zero-order valence-corrected chi connectivity index (χ0v) is 12.3. The van der Waals surface area contributed by atoms with E-state index < -0.39 is 15.7 Å². The lowest BCUT2D eigenvalue weighted by atomic mass is 10.3. The Balaban J connectivity index is 2.36. The predicted octanol–water partition coefficient (Wildman–Crippen LogP) is 3.21. The van der Waals surface area contributed by atoms with Crippen molar-refractivity contribution in [2.24, 2.45) is 0 Å². The van der Waals surface area contributed by atoms with Gasteiger partial charge in [0.05, 0.1) is 16.3 Å². The van der Waals surface area contributed by atoms with Crippen LogP contribution in [0.15, 0.2) is 39.0 Å². The topological polar surface area (TPSA) is 60.2 Å². The third-order valence-electron chi connectivity index (χ3n) is 2.26. The van der Waals surface area contributed by atoms with Crippen molar-refractivity contribution in [3.63, 3.8) is 0 Å². The van der Waals surface area contributed by atoms with E-state index in [0.717, 1.165) is 16.6 Å².